The fourth-order valence-corrected chi connectivity index (χ4v) is 2.29. The Kier molecular flexibility index (Phi) is 3.39. The predicted octanol–water partition coefficient (Wildman–Crippen LogP) is 2.82. The lowest BCUT2D eigenvalue weighted by atomic mass is 9.85. The highest BCUT2D eigenvalue weighted by Gasteiger charge is 2.52. The summed E-state index contributed by atoms with van der Waals surface area (Å²) in [6.45, 7) is 8.12. The maximum Gasteiger partial charge on any atom is 0.516 e. The summed E-state index contributed by atoms with van der Waals surface area (Å²) in [5.74, 6) is 0. The minimum absolute atomic E-state index is 0.359. The molecule has 0 bridgehead atoms. The van der Waals surface area contributed by atoms with Crippen LogP contribution in [0.4, 0.5) is 0 Å². The van der Waals surface area contributed by atoms with Gasteiger partial charge in [-0.05, 0) is 58.0 Å². The number of halogens is 1. The summed E-state index contributed by atoms with van der Waals surface area (Å²) in [6, 6.07) is 9.43. The van der Waals surface area contributed by atoms with Gasteiger partial charge in [0.2, 0.25) is 0 Å². The Hall–Kier alpha value is -1.30. The van der Waals surface area contributed by atoms with Crippen molar-refractivity contribution in [2.75, 3.05) is 0 Å². The molecule has 0 saturated carbocycles. The zero-order valence-corrected chi connectivity index (χ0v) is 13.4. The number of rotatable bonds is 2. The Morgan fingerprint density at radius 1 is 1.00 bits per heavy atom. The molecule has 1 aromatic heterocycles. The van der Waals surface area contributed by atoms with E-state index in [0.717, 1.165) is 11.3 Å². The number of aromatic nitrogens is 2. The minimum atomic E-state index is -0.441. The summed E-state index contributed by atoms with van der Waals surface area (Å²) < 4.78 is 13.8. The highest BCUT2D eigenvalue weighted by Crippen LogP contribution is 2.36. The van der Waals surface area contributed by atoms with Gasteiger partial charge in [0.25, 0.3) is 0 Å². The topological polar surface area (TPSA) is 36.3 Å². The van der Waals surface area contributed by atoms with E-state index in [2.05, 4.69) is 5.10 Å². The summed E-state index contributed by atoms with van der Waals surface area (Å²) in [4.78, 5) is 0. The quantitative estimate of drug-likeness (QED) is 0.801. The van der Waals surface area contributed by atoms with Gasteiger partial charge < -0.3 is 9.31 Å². The van der Waals surface area contributed by atoms with Crippen molar-refractivity contribution >= 4 is 24.3 Å². The van der Waals surface area contributed by atoms with Gasteiger partial charge in [-0.3, -0.25) is 0 Å². The van der Waals surface area contributed by atoms with E-state index < -0.39 is 7.12 Å². The van der Waals surface area contributed by atoms with Crippen LogP contribution in [-0.4, -0.2) is 28.1 Å². The third-order valence-electron chi connectivity index (χ3n) is 4.20. The molecule has 1 aliphatic heterocycles. The number of benzene rings is 1. The summed E-state index contributed by atoms with van der Waals surface area (Å²) in [7, 11) is -0.441. The first-order valence-corrected chi connectivity index (χ1v) is 7.33. The Balaban J connectivity index is 1.85. The maximum absolute atomic E-state index is 6.00. The average molecular weight is 305 g/mol. The lowest BCUT2D eigenvalue weighted by Gasteiger charge is -2.32. The van der Waals surface area contributed by atoms with E-state index in [9.17, 15) is 0 Å². The van der Waals surface area contributed by atoms with Crippen LogP contribution in [0.2, 0.25) is 5.02 Å². The first-order valence-electron chi connectivity index (χ1n) is 6.96. The molecule has 0 unspecified atom stereocenters. The predicted molar refractivity (Wildman–Crippen MR) is 84.3 cm³/mol. The Labute approximate surface area is 130 Å². The van der Waals surface area contributed by atoms with E-state index in [1.165, 1.54) is 0 Å². The second kappa shape index (κ2) is 4.87. The molecule has 21 heavy (non-hydrogen) atoms. The van der Waals surface area contributed by atoms with Crippen LogP contribution >= 0.6 is 11.6 Å². The van der Waals surface area contributed by atoms with Crippen LogP contribution in [0.15, 0.2) is 36.5 Å². The SMILES string of the molecule is CC1(C)OB(c2ccn(-c3ccc(Cl)cc3)n2)OC1(C)C. The summed E-state index contributed by atoms with van der Waals surface area (Å²) in [6.07, 6.45) is 1.89. The van der Waals surface area contributed by atoms with Gasteiger partial charge in [0.05, 0.1) is 22.5 Å². The second-order valence-electron chi connectivity index (χ2n) is 6.25. The van der Waals surface area contributed by atoms with Crippen molar-refractivity contribution in [2.24, 2.45) is 0 Å². The molecule has 2 heterocycles. The van der Waals surface area contributed by atoms with Crippen LogP contribution in [0.1, 0.15) is 27.7 Å². The molecule has 0 N–H and O–H groups in total. The van der Waals surface area contributed by atoms with E-state index in [1.807, 2.05) is 64.2 Å². The van der Waals surface area contributed by atoms with Crippen LogP contribution in [-0.2, 0) is 9.31 Å². The molecule has 0 radical (unpaired) electrons. The Bertz CT molecular complexity index is 636. The summed E-state index contributed by atoms with van der Waals surface area (Å²) >= 11 is 5.90. The molecule has 0 amide bonds. The Morgan fingerprint density at radius 2 is 1.57 bits per heavy atom. The molecule has 1 aliphatic rings. The molecular weight excluding hydrogens is 286 g/mol. The molecular formula is C15H18BClN2O2. The Morgan fingerprint density at radius 3 is 2.14 bits per heavy atom. The van der Waals surface area contributed by atoms with Crippen LogP contribution < -0.4 is 5.59 Å². The summed E-state index contributed by atoms with van der Waals surface area (Å²) in [5, 5.41) is 5.25. The molecule has 0 spiro atoms. The van der Waals surface area contributed by atoms with E-state index in [0.29, 0.717) is 5.02 Å². The smallest absolute Gasteiger partial charge is 0.398 e. The minimum Gasteiger partial charge on any atom is -0.398 e. The molecule has 6 heteroatoms. The van der Waals surface area contributed by atoms with Crippen molar-refractivity contribution in [2.45, 2.75) is 38.9 Å². The molecule has 0 aliphatic carbocycles. The molecule has 1 saturated heterocycles. The van der Waals surface area contributed by atoms with Gasteiger partial charge in [-0.1, -0.05) is 11.6 Å². The zero-order valence-electron chi connectivity index (χ0n) is 12.6. The molecule has 3 rings (SSSR count). The summed E-state index contributed by atoms with van der Waals surface area (Å²) in [5.41, 5.74) is 0.995. The first-order chi connectivity index (χ1) is 9.78. The van der Waals surface area contributed by atoms with Gasteiger partial charge in [-0.2, -0.15) is 5.10 Å². The van der Waals surface area contributed by atoms with Crippen LogP contribution in [0.25, 0.3) is 5.69 Å². The van der Waals surface area contributed by atoms with Crippen LogP contribution in [0.5, 0.6) is 0 Å². The third kappa shape index (κ3) is 2.61. The van der Waals surface area contributed by atoms with Crippen LogP contribution in [0.3, 0.4) is 0 Å². The van der Waals surface area contributed by atoms with E-state index in [1.54, 1.807) is 4.68 Å². The van der Waals surface area contributed by atoms with Crippen molar-refractivity contribution in [1.82, 2.24) is 9.78 Å². The van der Waals surface area contributed by atoms with Crippen molar-refractivity contribution in [1.29, 1.82) is 0 Å². The lowest BCUT2D eigenvalue weighted by Crippen LogP contribution is -2.41. The monoisotopic (exact) mass is 304 g/mol. The highest BCUT2D eigenvalue weighted by molar-refractivity contribution is 6.61. The number of nitrogens with zero attached hydrogens (tertiary/aromatic N) is 2. The van der Waals surface area contributed by atoms with Gasteiger partial charge in [0, 0.05) is 11.2 Å². The fraction of sp³-hybridized carbons (Fsp3) is 0.400. The third-order valence-corrected chi connectivity index (χ3v) is 4.45. The van der Waals surface area contributed by atoms with Gasteiger partial charge in [-0.15, -0.1) is 0 Å². The van der Waals surface area contributed by atoms with Gasteiger partial charge in [0.1, 0.15) is 0 Å². The zero-order chi connectivity index (χ0) is 15.3. The molecule has 0 atom stereocenters. The molecule has 110 valence electrons. The van der Waals surface area contributed by atoms with Gasteiger partial charge in [0.15, 0.2) is 0 Å². The van der Waals surface area contributed by atoms with Crippen LogP contribution in [0, 0.1) is 0 Å². The van der Waals surface area contributed by atoms with Crippen molar-refractivity contribution in [3.05, 3.63) is 41.6 Å². The van der Waals surface area contributed by atoms with E-state index in [-0.39, 0.29) is 11.2 Å². The molecule has 1 fully saturated rings. The van der Waals surface area contributed by atoms with Gasteiger partial charge >= 0.3 is 7.12 Å². The van der Waals surface area contributed by atoms with E-state index >= 15 is 0 Å². The fourth-order valence-electron chi connectivity index (χ4n) is 2.17. The number of hydrogen-bond acceptors (Lipinski definition) is 3. The first kappa shape index (κ1) is 14.6. The van der Waals surface area contributed by atoms with Gasteiger partial charge in [-0.25, -0.2) is 4.68 Å². The maximum atomic E-state index is 6.00. The van der Waals surface area contributed by atoms with E-state index in [4.69, 9.17) is 20.9 Å². The molecule has 1 aromatic carbocycles. The molecule has 4 nitrogen and oxygen atoms in total. The normalized spacial score (nSPS) is 20.0. The van der Waals surface area contributed by atoms with Crippen molar-refractivity contribution in [3.8, 4) is 5.69 Å². The standard InChI is InChI=1S/C15H18BClN2O2/c1-14(2)15(3,4)21-16(20-14)13-9-10-19(18-13)12-7-5-11(17)6-8-12/h5-10H,1-4H3. The van der Waals surface area contributed by atoms with Crippen molar-refractivity contribution in [3.63, 3.8) is 0 Å². The average Bonchev–Trinajstić information content (AvgIpc) is 2.94. The highest BCUT2D eigenvalue weighted by atomic mass is 35.5. The largest absolute Gasteiger partial charge is 0.516 e. The van der Waals surface area contributed by atoms with Crippen molar-refractivity contribution < 1.29 is 9.31 Å². The lowest BCUT2D eigenvalue weighted by molar-refractivity contribution is 0.00578. The second-order valence-corrected chi connectivity index (χ2v) is 6.69. The molecule has 2 aromatic rings. The number of hydrogen-bond donors (Lipinski definition) is 0.